The number of hydrogen-bond donors (Lipinski definition) is 2. The van der Waals surface area contributed by atoms with Gasteiger partial charge in [0.05, 0.1) is 18.9 Å². The van der Waals surface area contributed by atoms with Crippen LogP contribution in [0.5, 0.6) is 0 Å². The van der Waals surface area contributed by atoms with Gasteiger partial charge in [-0.3, -0.25) is 4.68 Å². The molecule has 2 N–H and O–H groups in total. The van der Waals surface area contributed by atoms with Crippen molar-refractivity contribution in [2.24, 2.45) is 18.4 Å². The van der Waals surface area contributed by atoms with E-state index in [9.17, 15) is 13.5 Å². The van der Waals surface area contributed by atoms with Gasteiger partial charge < -0.3 is 9.84 Å². The average Bonchev–Trinajstić information content (AvgIpc) is 2.78. The maximum Gasteiger partial charge on any atom is 0.258 e. The molecule has 0 spiro atoms. The first kappa shape index (κ1) is 18.4. The smallest absolute Gasteiger partial charge is 0.258 e. The fourth-order valence-corrected chi connectivity index (χ4v) is 4.48. The van der Waals surface area contributed by atoms with Gasteiger partial charge in [0.15, 0.2) is 5.03 Å². The van der Waals surface area contributed by atoms with Crippen LogP contribution in [0.2, 0.25) is 0 Å². The standard InChI is InChI=1S/C15H27N3O4S/c1-15(2,3)7-11(9-19)8-16-23(20,21)14-12-10-22-6-5-13(12)17-18(14)4/h11,16,19H,5-10H2,1-4H3. The van der Waals surface area contributed by atoms with Crippen LogP contribution in [0.3, 0.4) is 0 Å². The van der Waals surface area contributed by atoms with E-state index in [1.807, 2.05) is 0 Å². The predicted octanol–water partition coefficient (Wildman–Crippen LogP) is 0.816. The minimum atomic E-state index is -3.69. The summed E-state index contributed by atoms with van der Waals surface area (Å²) in [6.07, 6.45) is 1.36. The number of aliphatic hydroxyl groups excluding tert-OH is 1. The Morgan fingerprint density at radius 3 is 2.74 bits per heavy atom. The van der Waals surface area contributed by atoms with E-state index in [-0.39, 0.29) is 36.1 Å². The first-order valence-electron chi connectivity index (χ1n) is 7.87. The quantitative estimate of drug-likeness (QED) is 0.796. The van der Waals surface area contributed by atoms with Gasteiger partial charge >= 0.3 is 0 Å². The van der Waals surface area contributed by atoms with Crippen LogP contribution in [0.1, 0.15) is 38.4 Å². The minimum Gasteiger partial charge on any atom is -0.396 e. The SMILES string of the molecule is Cn1nc2c(c1S(=O)(=O)NCC(CO)CC(C)(C)C)COCC2. The highest BCUT2D eigenvalue weighted by Gasteiger charge is 2.29. The Kier molecular flexibility index (Phi) is 5.50. The lowest BCUT2D eigenvalue weighted by molar-refractivity contribution is 0.108. The predicted molar refractivity (Wildman–Crippen MR) is 86.4 cm³/mol. The second-order valence-corrected chi connectivity index (χ2v) is 9.00. The summed E-state index contributed by atoms with van der Waals surface area (Å²) in [5.41, 5.74) is 1.45. The number of nitrogens with one attached hydrogen (secondary N) is 1. The Balaban J connectivity index is 2.15. The molecule has 1 aromatic rings. The van der Waals surface area contributed by atoms with E-state index in [0.717, 1.165) is 12.1 Å². The normalized spacial score (nSPS) is 17.1. The Labute approximate surface area is 138 Å². The Morgan fingerprint density at radius 2 is 2.13 bits per heavy atom. The number of aliphatic hydroxyl groups is 1. The Bertz CT molecular complexity index is 646. The number of nitrogens with zero attached hydrogens (tertiary/aromatic N) is 2. The lowest BCUT2D eigenvalue weighted by atomic mass is 9.85. The summed E-state index contributed by atoms with van der Waals surface area (Å²) in [6.45, 7) is 7.19. The number of rotatable bonds is 6. The summed E-state index contributed by atoms with van der Waals surface area (Å²) in [5, 5.41) is 13.9. The van der Waals surface area contributed by atoms with Crippen molar-refractivity contribution < 1.29 is 18.3 Å². The van der Waals surface area contributed by atoms with Gasteiger partial charge in [-0.1, -0.05) is 20.8 Å². The van der Waals surface area contributed by atoms with E-state index >= 15 is 0 Å². The highest BCUT2D eigenvalue weighted by atomic mass is 32.2. The molecule has 1 aliphatic rings. The molecule has 0 amide bonds. The van der Waals surface area contributed by atoms with Crippen molar-refractivity contribution in [3.8, 4) is 0 Å². The average molecular weight is 345 g/mol. The third-order valence-corrected chi connectivity index (χ3v) is 5.44. The van der Waals surface area contributed by atoms with Crippen molar-refractivity contribution in [2.45, 2.75) is 45.2 Å². The summed E-state index contributed by atoms with van der Waals surface area (Å²) in [5.74, 6) is -0.120. The van der Waals surface area contributed by atoms with Crippen molar-refractivity contribution in [1.82, 2.24) is 14.5 Å². The summed E-state index contributed by atoms with van der Waals surface area (Å²) in [4.78, 5) is 0. The molecule has 0 saturated heterocycles. The van der Waals surface area contributed by atoms with Crippen molar-refractivity contribution in [3.63, 3.8) is 0 Å². The van der Waals surface area contributed by atoms with Crippen molar-refractivity contribution in [3.05, 3.63) is 11.3 Å². The van der Waals surface area contributed by atoms with Crippen LogP contribution in [0.15, 0.2) is 5.03 Å². The van der Waals surface area contributed by atoms with Crippen LogP contribution >= 0.6 is 0 Å². The highest BCUT2D eigenvalue weighted by Crippen LogP contribution is 2.26. The Hall–Kier alpha value is -0.960. The molecule has 23 heavy (non-hydrogen) atoms. The van der Waals surface area contributed by atoms with Gasteiger partial charge in [0.25, 0.3) is 10.0 Å². The number of sulfonamides is 1. The molecule has 0 bridgehead atoms. The number of fused-ring (bicyclic) bond motifs is 1. The molecule has 0 aliphatic carbocycles. The first-order valence-corrected chi connectivity index (χ1v) is 9.35. The van der Waals surface area contributed by atoms with Crippen molar-refractivity contribution >= 4 is 10.0 Å². The lowest BCUT2D eigenvalue weighted by Crippen LogP contribution is -2.34. The van der Waals surface area contributed by atoms with E-state index in [1.54, 1.807) is 7.05 Å². The van der Waals surface area contributed by atoms with Gasteiger partial charge in [-0.05, 0) is 17.8 Å². The topological polar surface area (TPSA) is 93.5 Å². The lowest BCUT2D eigenvalue weighted by Gasteiger charge is -2.24. The van der Waals surface area contributed by atoms with Crippen LogP contribution in [0.25, 0.3) is 0 Å². The van der Waals surface area contributed by atoms with E-state index < -0.39 is 10.0 Å². The third-order valence-electron chi connectivity index (χ3n) is 3.88. The molecule has 0 radical (unpaired) electrons. The van der Waals surface area contributed by atoms with Crippen LogP contribution in [0.4, 0.5) is 0 Å². The van der Waals surface area contributed by atoms with E-state index in [4.69, 9.17) is 4.74 Å². The van der Waals surface area contributed by atoms with Gasteiger partial charge in [-0.15, -0.1) is 0 Å². The van der Waals surface area contributed by atoms with E-state index in [1.165, 1.54) is 4.68 Å². The number of hydrogen-bond acceptors (Lipinski definition) is 5. The molecule has 1 unspecified atom stereocenters. The number of aryl methyl sites for hydroxylation is 1. The summed E-state index contributed by atoms with van der Waals surface area (Å²) < 4.78 is 34.7. The van der Waals surface area contributed by atoms with Crippen molar-refractivity contribution in [1.29, 1.82) is 0 Å². The molecule has 2 rings (SSSR count). The first-order chi connectivity index (χ1) is 10.6. The molecule has 0 aromatic carbocycles. The molecule has 8 heteroatoms. The third kappa shape index (κ3) is 4.53. The fraction of sp³-hybridized carbons (Fsp3) is 0.800. The van der Waals surface area contributed by atoms with Gasteiger partial charge in [-0.2, -0.15) is 5.10 Å². The summed E-state index contributed by atoms with van der Waals surface area (Å²) >= 11 is 0. The number of ether oxygens (including phenoxy) is 1. The van der Waals surface area contributed by atoms with Gasteiger partial charge in [0.1, 0.15) is 0 Å². The van der Waals surface area contributed by atoms with Crippen LogP contribution in [-0.2, 0) is 34.8 Å². The molecule has 1 aromatic heterocycles. The van der Waals surface area contributed by atoms with Crippen LogP contribution < -0.4 is 4.72 Å². The van der Waals surface area contributed by atoms with Crippen LogP contribution in [0, 0.1) is 11.3 Å². The second-order valence-electron chi connectivity index (χ2n) is 7.32. The molecule has 1 atom stereocenters. The highest BCUT2D eigenvalue weighted by molar-refractivity contribution is 7.89. The molecule has 2 heterocycles. The zero-order valence-corrected chi connectivity index (χ0v) is 15.1. The van der Waals surface area contributed by atoms with Gasteiger partial charge in [0, 0.05) is 32.2 Å². The van der Waals surface area contributed by atoms with E-state index in [2.05, 4.69) is 30.6 Å². The van der Waals surface area contributed by atoms with Crippen LogP contribution in [-0.4, -0.2) is 43.1 Å². The molecule has 0 fully saturated rings. The van der Waals surface area contributed by atoms with Gasteiger partial charge in [-0.25, -0.2) is 13.1 Å². The maximum atomic E-state index is 12.7. The monoisotopic (exact) mass is 345 g/mol. The molecule has 7 nitrogen and oxygen atoms in total. The Morgan fingerprint density at radius 1 is 1.43 bits per heavy atom. The zero-order valence-electron chi connectivity index (χ0n) is 14.3. The summed E-state index contributed by atoms with van der Waals surface area (Å²) in [6, 6.07) is 0. The molecule has 1 aliphatic heterocycles. The van der Waals surface area contributed by atoms with Gasteiger partial charge in [0.2, 0.25) is 0 Å². The minimum absolute atomic E-state index is 0.0262. The fourth-order valence-electron chi connectivity index (χ4n) is 2.99. The maximum absolute atomic E-state index is 12.7. The molecule has 0 saturated carbocycles. The number of aromatic nitrogens is 2. The molecular weight excluding hydrogens is 318 g/mol. The van der Waals surface area contributed by atoms with Crippen molar-refractivity contribution in [2.75, 3.05) is 19.8 Å². The molecular formula is C15H27N3O4S. The summed E-state index contributed by atoms with van der Waals surface area (Å²) in [7, 11) is -2.06. The zero-order chi connectivity index (χ0) is 17.3. The second kappa shape index (κ2) is 6.88. The molecule has 132 valence electrons. The largest absolute Gasteiger partial charge is 0.396 e. The van der Waals surface area contributed by atoms with E-state index in [0.29, 0.717) is 18.6 Å².